The van der Waals surface area contributed by atoms with Crippen molar-refractivity contribution >= 4 is 23.4 Å². The number of benzene rings is 1. The van der Waals surface area contributed by atoms with E-state index < -0.39 is 5.97 Å². The van der Waals surface area contributed by atoms with Crippen LogP contribution in [0.25, 0.3) is 0 Å². The van der Waals surface area contributed by atoms with Gasteiger partial charge in [0.2, 0.25) is 0 Å². The summed E-state index contributed by atoms with van der Waals surface area (Å²) in [7, 11) is 0. The van der Waals surface area contributed by atoms with Crippen molar-refractivity contribution in [3.05, 3.63) is 23.8 Å². The number of morpholine rings is 1. The molecule has 1 unspecified atom stereocenters. The van der Waals surface area contributed by atoms with Crippen LogP contribution in [0.15, 0.2) is 23.1 Å². The molecule has 0 radical (unpaired) electrons. The van der Waals surface area contributed by atoms with Crippen LogP contribution in [0.4, 0.5) is 5.69 Å². The molecule has 4 nitrogen and oxygen atoms in total. The number of hydrogen-bond acceptors (Lipinski definition) is 4. The van der Waals surface area contributed by atoms with E-state index in [1.165, 1.54) is 11.8 Å². The highest BCUT2D eigenvalue weighted by molar-refractivity contribution is 7.98. The molecular weight excluding hydrogens is 262 g/mol. The molecule has 1 aliphatic rings. The summed E-state index contributed by atoms with van der Waals surface area (Å²) in [6.45, 7) is 4.24. The first-order chi connectivity index (χ1) is 9.17. The van der Waals surface area contributed by atoms with Crippen LogP contribution in [0.2, 0.25) is 0 Å². The van der Waals surface area contributed by atoms with E-state index in [1.807, 2.05) is 24.5 Å². The molecule has 1 aromatic carbocycles. The predicted molar refractivity (Wildman–Crippen MR) is 77.4 cm³/mol. The van der Waals surface area contributed by atoms with E-state index in [-0.39, 0.29) is 6.10 Å². The van der Waals surface area contributed by atoms with Crippen molar-refractivity contribution in [1.29, 1.82) is 0 Å². The predicted octanol–water partition coefficient (Wildman–Crippen LogP) is 2.72. The molecule has 0 aromatic heterocycles. The fraction of sp³-hybridized carbons (Fsp3) is 0.500. The lowest BCUT2D eigenvalue weighted by atomic mass is 10.1. The molecule has 1 N–H and O–H groups in total. The Bertz CT molecular complexity index is 464. The summed E-state index contributed by atoms with van der Waals surface area (Å²) in [6.07, 6.45) is 3.04. The van der Waals surface area contributed by atoms with Gasteiger partial charge in [-0.05, 0) is 24.8 Å². The van der Waals surface area contributed by atoms with Gasteiger partial charge in [0.15, 0.2) is 0 Å². The lowest BCUT2D eigenvalue weighted by Gasteiger charge is -2.35. The van der Waals surface area contributed by atoms with Gasteiger partial charge in [0.1, 0.15) is 0 Å². The second-order valence-electron chi connectivity index (χ2n) is 4.51. The van der Waals surface area contributed by atoms with Crippen molar-refractivity contribution in [1.82, 2.24) is 0 Å². The van der Waals surface area contributed by atoms with E-state index in [1.54, 1.807) is 0 Å². The molecule has 19 heavy (non-hydrogen) atoms. The summed E-state index contributed by atoms with van der Waals surface area (Å²) in [6, 6.07) is 5.67. The van der Waals surface area contributed by atoms with Gasteiger partial charge in [-0.2, -0.15) is 0 Å². The minimum atomic E-state index is -0.862. The first kappa shape index (κ1) is 14.2. The minimum Gasteiger partial charge on any atom is -0.478 e. The number of nitrogens with zero attached hydrogens (tertiary/aromatic N) is 1. The van der Waals surface area contributed by atoms with Crippen LogP contribution in [0.5, 0.6) is 0 Å². The molecule has 1 atom stereocenters. The van der Waals surface area contributed by atoms with Gasteiger partial charge in [-0.1, -0.05) is 13.0 Å². The van der Waals surface area contributed by atoms with Gasteiger partial charge in [0, 0.05) is 18.0 Å². The molecule has 1 fully saturated rings. The second kappa shape index (κ2) is 6.30. The van der Waals surface area contributed by atoms with Crippen molar-refractivity contribution in [2.45, 2.75) is 24.3 Å². The lowest BCUT2D eigenvalue weighted by molar-refractivity contribution is 0.0382. The molecule has 0 saturated carbocycles. The standard InChI is InChI=1S/C14H19NO3S/c1-3-10-9-15(7-8-18-10)11-5-4-6-12(19-2)13(11)14(16)17/h4-6,10H,3,7-9H2,1-2H3,(H,16,17). The quantitative estimate of drug-likeness (QED) is 0.860. The Kier molecular flexibility index (Phi) is 4.71. The molecular formula is C14H19NO3S. The zero-order chi connectivity index (χ0) is 13.8. The molecule has 1 saturated heterocycles. The number of hydrogen-bond donors (Lipinski definition) is 1. The number of rotatable bonds is 4. The summed E-state index contributed by atoms with van der Waals surface area (Å²) >= 11 is 1.47. The number of thioether (sulfide) groups is 1. The molecule has 2 rings (SSSR count). The average molecular weight is 281 g/mol. The number of ether oxygens (including phenoxy) is 1. The smallest absolute Gasteiger partial charge is 0.338 e. The Balaban J connectivity index is 2.35. The molecule has 1 heterocycles. The Morgan fingerprint density at radius 2 is 2.37 bits per heavy atom. The van der Waals surface area contributed by atoms with Crippen LogP contribution in [0.1, 0.15) is 23.7 Å². The highest BCUT2D eigenvalue weighted by Crippen LogP contribution is 2.31. The normalized spacial score (nSPS) is 19.5. The van der Waals surface area contributed by atoms with Crippen LogP contribution in [0.3, 0.4) is 0 Å². The summed E-state index contributed by atoms with van der Waals surface area (Å²) in [5, 5.41) is 9.46. The zero-order valence-corrected chi connectivity index (χ0v) is 12.1. The lowest BCUT2D eigenvalue weighted by Crippen LogP contribution is -2.42. The molecule has 1 aromatic rings. The number of carboxylic acid groups (broad SMARTS) is 1. The minimum absolute atomic E-state index is 0.188. The summed E-state index contributed by atoms with van der Waals surface area (Å²) in [5.74, 6) is -0.862. The monoisotopic (exact) mass is 281 g/mol. The van der Waals surface area contributed by atoms with Gasteiger partial charge in [-0.15, -0.1) is 11.8 Å². The van der Waals surface area contributed by atoms with Crippen molar-refractivity contribution in [2.75, 3.05) is 30.9 Å². The molecule has 0 bridgehead atoms. The van der Waals surface area contributed by atoms with Gasteiger partial charge in [-0.3, -0.25) is 0 Å². The first-order valence-corrected chi connectivity index (χ1v) is 7.66. The maximum absolute atomic E-state index is 11.5. The van der Waals surface area contributed by atoms with Crippen molar-refractivity contribution in [3.8, 4) is 0 Å². The van der Waals surface area contributed by atoms with Crippen LogP contribution in [-0.4, -0.2) is 43.1 Å². The molecule has 104 valence electrons. The van der Waals surface area contributed by atoms with Gasteiger partial charge >= 0.3 is 5.97 Å². The van der Waals surface area contributed by atoms with Crippen LogP contribution >= 0.6 is 11.8 Å². The first-order valence-electron chi connectivity index (χ1n) is 6.44. The van der Waals surface area contributed by atoms with Gasteiger partial charge in [0.05, 0.1) is 24.0 Å². The average Bonchev–Trinajstić information content (AvgIpc) is 2.46. The van der Waals surface area contributed by atoms with Gasteiger partial charge < -0.3 is 14.7 Å². The maximum atomic E-state index is 11.5. The Hall–Kier alpha value is -1.20. The number of aromatic carboxylic acids is 1. The number of anilines is 1. The van der Waals surface area contributed by atoms with E-state index in [9.17, 15) is 9.90 Å². The summed E-state index contributed by atoms with van der Waals surface area (Å²) in [4.78, 5) is 14.5. The topological polar surface area (TPSA) is 49.8 Å². The Morgan fingerprint density at radius 1 is 1.58 bits per heavy atom. The number of carboxylic acids is 1. The van der Waals surface area contributed by atoms with E-state index in [2.05, 4.69) is 11.8 Å². The fourth-order valence-electron chi connectivity index (χ4n) is 2.35. The van der Waals surface area contributed by atoms with E-state index in [0.29, 0.717) is 12.2 Å². The Labute approximate surface area is 117 Å². The van der Waals surface area contributed by atoms with Crippen LogP contribution < -0.4 is 4.90 Å². The molecule has 0 amide bonds. The zero-order valence-electron chi connectivity index (χ0n) is 11.3. The molecule has 0 aliphatic carbocycles. The SMILES string of the molecule is CCC1CN(c2cccc(SC)c2C(=O)O)CCO1. The number of carbonyl (C=O) groups is 1. The van der Waals surface area contributed by atoms with Gasteiger partial charge in [0.25, 0.3) is 0 Å². The third-order valence-electron chi connectivity index (χ3n) is 3.37. The third kappa shape index (κ3) is 3.04. The van der Waals surface area contributed by atoms with E-state index in [0.717, 1.165) is 30.1 Å². The van der Waals surface area contributed by atoms with Crippen molar-refractivity contribution in [3.63, 3.8) is 0 Å². The molecule has 5 heteroatoms. The van der Waals surface area contributed by atoms with Crippen molar-refractivity contribution < 1.29 is 14.6 Å². The van der Waals surface area contributed by atoms with Crippen LogP contribution in [-0.2, 0) is 4.74 Å². The third-order valence-corrected chi connectivity index (χ3v) is 4.15. The van der Waals surface area contributed by atoms with E-state index in [4.69, 9.17) is 4.74 Å². The largest absolute Gasteiger partial charge is 0.478 e. The summed E-state index contributed by atoms with van der Waals surface area (Å²) < 4.78 is 5.64. The Morgan fingerprint density at radius 3 is 3.00 bits per heavy atom. The second-order valence-corrected chi connectivity index (χ2v) is 5.35. The highest BCUT2D eigenvalue weighted by Gasteiger charge is 2.24. The van der Waals surface area contributed by atoms with Crippen LogP contribution in [0, 0.1) is 0 Å². The van der Waals surface area contributed by atoms with Crippen molar-refractivity contribution in [2.24, 2.45) is 0 Å². The summed E-state index contributed by atoms with van der Waals surface area (Å²) in [5.41, 5.74) is 1.22. The van der Waals surface area contributed by atoms with Gasteiger partial charge in [-0.25, -0.2) is 4.79 Å². The molecule has 1 aliphatic heterocycles. The maximum Gasteiger partial charge on any atom is 0.338 e. The molecule has 0 spiro atoms. The van der Waals surface area contributed by atoms with E-state index >= 15 is 0 Å². The highest BCUT2D eigenvalue weighted by atomic mass is 32.2. The fourth-order valence-corrected chi connectivity index (χ4v) is 2.96.